The Kier molecular flexibility index (Phi) is 3.34. The van der Waals surface area contributed by atoms with E-state index in [2.05, 4.69) is 0 Å². The lowest BCUT2D eigenvalue weighted by molar-refractivity contribution is -0.161. The molecule has 0 amide bonds. The van der Waals surface area contributed by atoms with Crippen molar-refractivity contribution < 1.29 is 23.8 Å². The minimum atomic E-state index is -1.19. The van der Waals surface area contributed by atoms with Gasteiger partial charge in [-0.2, -0.15) is 0 Å². The fourth-order valence-electron chi connectivity index (χ4n) is 1.85. The molecule has 5 nitrogen and oxygen atoms in total. The molecule has 0 N–H and O–H groups in total. The summed E-state index contributed by atoms with van der Waals surface area (Å²) in [6, 6.07) is 9.01. The number of methoxy groups -OCH3 is 1. The molecule has 1 fully saturated rings. The molecule has 1 aromatic carbocycles. The normalized spacial score (nSPS) is 23.0. The third kappa shape index (κ3) is 2.22. The summed E-state index contributed by atoms with van der Waals surface area (Å²) < 4.78 is 15.1. The van der Waals surface area contributed by atoms with E-state index >= 15 is 0 Å². The van der Waals surface area contributed by atoms with Gasteiger partial charge in [-0.25, -0.2) is 4.79 Å². The molecule has 0 saturated carbocycles. The lowest BCUT2D eigenvalue weighted by Crippen LogP contribution is -2.35. The van der Waals surface area contributed by atoms with Gasteiger partial charge in [-0.3, -0.25) is 4.79 Å². The molecule has 0 unspecified atom stereocenters. The van der Waals surface area contributed by atoms with Crippen molar-refractivity contribution in [3.63, 3.8) is 0 Å². The van der Waals surface area contributed by atoms with E-state index in [-0.39, 0.29) is 6.61 Å². The Morgan fingerprint density at radius 2 is 1.94 bits per heavy atom. The molecule has 1 aliphatic rings. The van der Waals surface area contributed by atoms with E-state index in [0.717, 1.165) is 0 Å². The van der Waals surface area contributed by atoms with Gasteiger partial charge in [-0.1, -0.05) is 30.3 Å². The predicted molar refractivity (Wildman–Crippen MR) is 61.6 cm³/mol. The van der Waals surface area contributed by atoms with Gasteiger partial charge in [0.25, 0.3) is 0 Å². The molecular weight excluding hydrogens is 236 g/mol. The predicted octanol–water partition coefficient (Wildman–Crippen LogP) is 1.23. The third-order valence-electron chi connectivity index (χ3n) is 2.80. The van der Waals surface area contributed by atoms with Crippen molar-refractivity contribution in [1.29, 1.82) is 0 Å². The quantitative estimate of drug-likeness (QED) is 0.594. The minimum absolute atomic E-state index is 0.187. The molecule has 0 bridgehead atoms. The maximum absolute atomic E-state index is 11.8. The van der Waals surface area contributed by atoms with Crippen molar-refractivity contribution in [3.05, 3.63) is 35.9 Å². The smallest absolute Gasteiger partial charge is 0.344 e. The molecule has 0 aromatic heterocycles. The van der Waals surface area contributed by atoms with Gasteiger partial charge < -0.3 is 14.2 Å². The Morgan fingerprint density at radius 1 is 1.33 bits per heavy atom. The van der Waals surface area contributed by atoms with Gasteiger partial charge in [-0.15, -0.1) is 0 Å². The summed E-state index contributed by atoms with van der Waals surface area (Å²) in [5, 5.41) is 0. The maximum Gasteiger partial charge on any atom is 0.344 e. The number of hydrogen-bond donors (Lipinski definition) is 0. The van der Waals surface area contributed by atoms with Crippen molar-refractivity contribution in [1.82, 2.24) is 0 Å². The maximum atomic E-state index is 11.8. The number of epoxide rings is 1. The molecule has 1 aromatic rings. The van der Waals surface area contributed by atoms with Crippen LogP contribution in [0.5, 0.6) is 0 Å². The van der Waals surface area contributed by atoms with Crippen LogP contribution < -0.4 is 0 Å². The van der Waals surface area contributed by atoms with Crippen LogP contribution in [-0.4, -0.2) is 31.3 Å². The van der Waals surface area contributed by atoms with Crippen LogP contribution >= 0.6 is 0 Å². The molecule has 0 aliphatic carbocycles. The fraction of sp³-hybridized carbons (Fsp3) is 0.385. The standard InChI is InChI=1S/C13H14O5/c1-9(14)18-11(10-6-4-3-5-7-10)13(8-17-13)12(15)16-2/h3-7,11H,8H2,1-2H3/t11-,13-/m1/s1. The van der Waals surface area contributed by atoms with E-state index in [1.54, 1.807) is 24.3 Å². The zero-order valence-electron chi connectivity index (χ0n) is 10.2. The van der Waals surface area contributed by atoms with Gasteiger partial charge in [0.1, 0.15) is 0 Å². The van der Waals surface area contributed by atoms with Crippen molar-refractivity contribution in [2.24, 2.45) is 0 Å². The summed E-state index contributed by atoms with van der Waals surface area (Å²) in [6.07, 6.45) is -0.774. The van der Waals surface area contributed by atoms with Crippen LogP contribution in [0.3, 0.4) is 0 Å². The summed E-state index contributed by atoms with van der Waals surface area (Å²) in [5.41, 5.74) is -0.488. The number of carbonyl (C=O) groups is 2. The molecule has 2 atom stereocenters. The summed E-state index contributed by atoms with van der Waals surface area (Å²) in [5.74, 6) is -1.000. The molecule has 96 valence electrons. The van der Waals surface area contributed by atoms with Gasteiger partial charge in [-0.05, 0) is 5.56 Å². The molecule has 1 aliphatic heterocycles. The molecule has 5 heteroatoms. The lowest BCUT2D eigenvalue weighted by Gasteiger charge is -2.22. The monoisotopic (exact) mass is 250 g/mol. The van der Waals surface area contributed by atoms with Crippen LogP contribution in [0.2, 0.25) is 0 Å². The summed E-state index contributed by atoms with van der Waals surface area (Å²) in [6.45, 7) is 1.48. The first kappa shape index (κ1) is 12.6. The van der Waals surface area contributed by atoms with Crippen molar-refractivity contribution >= 4 is 11.9 Å². The van der Waals surface area contributed by atoms with E-state index < -0.39 is 23.6 Å². The van der Waals surface area contributed by atoms with Crippen LogP contribution in [0.4, 0.5) is 0 Å². The molecule has 2 rings (SSSR count). The Morgan fingerprint density at radius 3 is 2.39 bits per heavy atom. The second-order valence-corrected chi connectivity index (χ2v) is 4.07. The van der Waals surface area contributed by atoms with Crippen LogP contribution in [0, 0.1) is 0 Å². The average molecular weight is 250 g/mol. The van der Waals surface area contributed by atoms with Gasteiger partial charge in [0, 0.05) is 6.92 Å². The Hall–Kier alpha value is -1.88. The molecule has 0 radical (unpaired) electrons. The highest BCUT2D eigenvalue weighted by Crippen LogP contribution is 2.43. The van der Waals surface area contributed by atoms with Crippen molar-refractivity contribution in [2.45, 2.75) is 18.6 Å². The largest absolute Gasteiger partial charge is 0.467 e. The van der Waals surface area contributed by atoms with Crippen molar-refractivity contribution in [3.8, 4) is 0 Å². The number of rotatable bonds is 4. The number of ether oxygens (including phenoxy) is 3. The van der Waals surface area contributed by atoms with Crippen molar-refractivity contribution in [2.75, 3.05) is 13.7 Å². The zero-order valence-corrected chi connectivity index (χ0v) is 10.2. The molecule has 1 saturated heterocycles. The summed E-state index contributed by atoms with van der Waals surface area (Å²) in [4.78, 5) is 22.9. The Balaban J connectivity index is 2.32. The second kappa shape index (κ2) is 4.78. The average Bonchev–Trinajstić information content (AvgIpc) is 3.17. The third-order valence-corrected chi connectivity index (χ3v) is 2.80. The number of hydrogen-bond acceptors (Lipinski definition) is 5. The van der Waals surface area contributed by atoms with Gasteiger partial charge in [0.05, 0.1) is 13.7 Å². The van der Waals surface area contributed by atoms with Gasteiger partial charge in [0.15, 0.2) is 6.10 Å². The number of benzene rings is 1. The van der Waals surface area contributed by atoms with Crippen LogP contribution in [0.15, 0.2) is 30.3 Å². The van der Waals surface area contributed by atoms with Gasteiger partial charge >= 0.3 is 11.9 Å². The minimum Gasteiger partial charge on any atom is -0.467 e. The first-order chi connectivity index (χ1) is 8.60. The van der Waals surface area contributed by atoms with E-state index in [1.807, 2.05) is 6.07 Å². The Labute approximate surface area is 105 Å². The first-order valence-corrected chi connectivity index (χ1v) is 5.54. The van der Waals surface area contributed by atoms with Crippen LogP contribution in [0.25, 0.3) is 0 Å². The molecule has 0 spiro atoms. The number of esters is 2. The fourth-order valence-corrected chi connectivity index (χ4v) is 1.85. The molecular formula is C13H14O5. The highest BCUT2D eigenvalue weighted by Gasteiger charge is 2.62. The van der Waals surface area contributed by atoms with Crippen LogP contribution in [0.1, 0.15) is 18.6 Å². The van der Waals surface area contributed by atoms with E-state index in [0.29, 0.717) is 5.56 Å². The SMILES string of the molecule is COC(=O)[C@]1([C@H](OC(C)=O)c2ccccc2)CO1. The van der Waals surface area contributed by atoms with E-state index in [1.165, 1.54) is 14.0 Å². The number of carbonyl (C=O) groups excluding carboxylic acids is 2. The highest BCUT2D eigenvalue weighted by molar-refractivity contribution is 5.84. The molecule has 1 heterocycles. The first-order valence-electron chi connectivity index (χ1n) is 5.54. The summed E-state index contributed by atoms with van der Waals surface area (Å²) in [7, 11) is 1.28. The van der Waals surface area contributed by atoms with E-state index in [4.69, 9.17) is 14.2 Å². The Bertz CT molecular complexity index is 450. The van der Waals surface area contributed by atoms with Crippen LogP contribution in [-0.2, 0) is 23.8 Å². The second-order valence-electron chi connectivity index (χ2n) is 4.07. The summed E-state index contributed by atoms with van der Waals surface area (Å²) >= 11 is 0. The zero-order chi connectivity index (χ0) is 13.2. The topological polar surface area (TPSA) is 65.1 Å². The highest BCUT2D eigenvalue weighted by atomic mass is 16.7. The lowest BCUT2D eigenvalue weighted by atomic mass is 9.96. The van der Waals surface area contributed by atoms with E-state index in [9.17, 15) is 9.59 Å². The van der Waals surface area contributed by atoms with Gasteiger partial charge in [0.2, 0.25) is 5.60 Å². The molecule has 18 heavy (non-hydrogen) atoms.